The number of benzene rings is 1. The minimum absolute atomic E-state index is 0.104. The van der Waals surface area contributed by atoms with Crippen LogP contribution >= 0.6 is 0 Å². The van der Waals surface area contributed by atoms with Crippen LogP contribution in [0.2, 0.25) is 0 Å². The Kier molecular flexibility index (Phi) is 5.49. The molecule has 0 bridgehead atoms. The molecule has 132 valence electrons. The highest BCUT2D eigenvalue weighted by Crippen LogP contribution is 2.24. The van der Waals surface area contributed by atoms with Gasteiger partial charge in [-0.3, -0.25) is 9.78 Å². The largest absolute Gasteiger partial charge is 0.377 e. The van der Waals surface area contributed by atoms with Gasteiger partial charge in [-0.25, -0.2) is 0 Å². The summed E-state index contributed by atoms with van der Waals surface area (Å²) < 4.78 is 5.55. The molecule has 2 heterocycles. The predicted octanol–water partition coefficient (Wildman–Crippen LogP) is 4.01. The van der Waals surface area contributed by atoms with Gasteiger partial charge in [0.1, 0.15) is 0 Å². The molecule has 3 rings (SSSR count). The summed E-state index contributed by atoms with van der Waals surface area (Å²) in [4.78, 5) is 19.4. The summed E-state index contributed by atoms with van der Waals surface area (Å²) in [6.45, 7) is 8.10. The third-order valence-corrected chi connectivity index (χ3v) is 4.78. The molecule has 0 radical (unpaired) electrons. The number of carbonyl (C=O) groups excluding carboxylic acids is 1. The van der Waals surface area contributed by atoms with Gasteiger partial charge in [-0.15, -0.1) is 0 Å². The molecule has 0 saturated carbocycles. The third kappa shape index (κ3) is 3.90. The van der Waals surface area contributed by atoms with E-state index in [1.54, 1.807) is 0 Å². The first kappa shape index (κ1) is 17.6. The van der Waals surface area contributed by atoms with Crippen LogP contribution in [0.25, 0.3) is 11.1 Å². The number of aryl methyl sites for hydroxylation is 2. The van der Waals surface area contributed by atoms with Crippen molar-refractivity contribution in [3.8, 4) is 11.1 Å². The molecule has 1 aromatic heterocycles. The van der Waals surface area contributed by atoms with Gasteiger partial charge in [-0.1, -0.05) is 31.5 Å². The Morgan fingerprint density at radius 3 is 2.64 bits per heavy atom. The molecule has 0 unspecified atom stereocenters. The number of aromatic nitrogens is 1. The van der Waals surface area contributed by atoms with E-state index in [2.05, 4.69) is 18.0 Å². The van der Waals surface area contributed by atoms with Crippen molar-refractivity contribution in [1.29, 1.82) is 0 Å². The van der Waals surface area contributed by atoms with Crippen molar-refractivity contribution in [3.05, 3.63) is 53.3 Å². The average molecular weight is 338 g/mol. The highest BCUT2D eigenvalue weighted by atomic mass is 16.5. The van der Waals surface area contributed by atoms with Crippen molar-refractivity contribution in [2.24, 2.45) is 0 Å². The topological polar surface area (TPSA) is 42.4 Å². The van der Waals surface area contributed by atoms with Gasteiger partial charge in [-0.05, 0) is 44.0 Å². The molecule has 0 N–H and O–H groups in total. The third-order valence-electron chi connectivity index (χ3n) is 4.78. The summed E-state index contributed by atoms with van der Waals surface area (Å²) in [6, 6.07) is 12.2. The monoisotopic (exact) mass is 338 g/mol. The quantitative estimate of drug-likeness (QED) is 0.846. The molecular formula is C21H26N2O2. The van der Waals surface area contributed by atoms with Gasteiger partial charge >= 0.3 is 0 Å². The fourth-order valence-corrected chi connectivity index (χ4v) is 3.44. The van der Waals surface area contributed by atoms with Crippen LogP contribution < -0.4 is 0 Å². The minimum atomic E-state index is 0.104. The molecule has 25 heavy (non-hydrogen) atoms. The fraction of sp³-hybridized carbons (Fsp3) is 0.429. The number of rotatable bonds is 4. The maximum atomic E-state index is 12.9. The second-order valence-corrected chi connectivity index (χ2v) is 6.68. The lowest BCUT2D eigenvalue weighted by atomic mass is 10.0. The first-order valence-corrected chi connectivity index (χ1v) is 9.03. The lowest BCUT2D eigenvalue weighted by molar-refractivity contribution is -0.00433. The van der Waals surface area contributed by atoms with Gasteiger partial charge in [0.25, 0.3) is 5.91 Å². The summed E-state index contributed by atoms with van der Waals surface area (Å²) in [7, 11) is 0. The number of carbonyl (C=O) groups is 1. The Hall–Kier alpha value is -2.20. The molecule has 1 aliphatic heterocycles. The van der Waals surface area contributed by atoms with Crippen molar-refractivity contribution in [1.82, 2.24) is 9.88 Å². The van der Waals surface area contributed by atoms with Gasteiger partial charge in [0.05, 0.1) is 19.3 Å². The lowest BCUT2D eigenvalue weighted by Crippen LogP contribution is -2.48. The molecule has 0 spiro atoms. The Bertz CT molecular complexity index is 738. The number of hydrogen-bond donors (Lipinski definition) is 0. The van der Waals surface area contributed by atoms with E-state index in [-0.39, 0.29) is 11.9 Å². The Morgan fingerprint density at radius 2 is 1.96 bits per heavy atom. The molecule has 4 nitrogen and oxygen atoms in total. The van der Waals surface area contributed by atoms with Crippen LogP contribution in [0, 0.1) is 13.8 Å². The van der Waals surface area contributed by atoms with Crippen molar-refractivity contribution < 1.29 is 9.53 Å². The maximum absolute atomic E-state index is 12.9. The van der Waals surface area contributed by atoms with E-state index in [1.165, 1.54) is 0 Å². The number of amides is 1. The minimum Gasteiger partial charge on any atom is -0.377 e. The summed E-state index contributed by atoms with van der Waals surface area (Å²) >= 11 is 0. The molecule has 1 saturated heterocycles. The number of morpholine rings is 1. The predicted molar refractivity (Wildman–Crippen MR) is 99.7 cm³/mol. The van der Waals surface area contributed by atoms with Crippen LogP contribution in [0.3, 0.4) is 0 Å². The van der Waals surface area contributed by atoms with E-state index in [9.17, 15) is 4.79 Å². The highest BCUT2D eigenvalue weighted by molar-refractivity contribution is 5.95. The average Bonchev–Trinajstić information content (AvgIpc) is 2.62. The molecule has 1 aromatic carbocycles. The maximum Gasteiger partial charge on any atom is 0.254 e. The molecule has 1 aliphatic rings. The van der Waals surface area contributed by atoms with E-state index >= 15 is 0 Å². The van der Waals surface area contributed by atoms with Crippen LogP contribution in [0.15, 0.2) is 36.4 Å². The van der Waals surface area contributed by atoms with Crippen molar-refractivity contribution >= 4 is 5.91 Å². The summed E-state index contributed by atoms with van der Waals surface area (Å²) in [6.07, 6.45) is 2.04. The SMILES string of the molecule is CCC[C@@H]1COCCN1C(=O)c1ccc(-c2ccc(C)nc2C)cc1. The normalized spacial score (nSPS) is 17.6. The van der Waals surface area contributed by atoms with Crippen LogP contribution in [-0.2, 0) is 4.74 Å². The zero-order chi connectivity index (χ0) is 17.8. The summed E-state index contributed by atoms with van der Waals surface area (Å²) in [5.74, 6) is 0.104. The van der Waals surface area contributed by atoms with Crippen LogP contribution in [0.5, 0.6) is 0 Å². The summed E-state index contributed by atoms with van der Waals surface area (Å²) in [5.41, 5.74) is 4.97. The van der Waals surface area contributed by atoms with Gasteiger partial charge in [-0.2, -0.15) is 0 Å². The van der Waals surface area contributed by atoms with Crippen molar-refractivity contribution in [2.75, 3.05) is 19.8 Å². The van der Waals surface area contributed by atoms with E-state index in [0.29, 0.717) is 19.8 Å². The van der Waals surface area contributed by atoms with Crippen molar-refractivity contribution in [3.63, 3.8) is 0 Å². The zero-order valence-electron chi connectivity index (χ0n) is 15.3. The lowest BCUT2D eigenvalue weighted by Gasteiger charge is -2.35. The second-order valence-electron chi connectivity index (χ2n) is 6.68. The molecule has 1 fully saturated rings. The first-order valence-electron chi connectivity index (χ1n) is 9.03. The van der Waals surface area contributed by atoms with E-state index in [1.807, 2.05) is 49.1 Å². The number of ether oxygens (including phenoxy) is 1. The van der Waals surface area contributed by atoms with Gasteiger partial charge in [0.2, 0.25) is 0 Å². The zero-order valence-corrected chi connectivity index (χ0v) is 15.3. The smallest absolute Gasteiger partial charge is 0.254 e. The molecule has 1 amide bonds. The molecule has 1 atom stereocenters. The molecule has 0 aliphatic carbocycles. The second kappa shape index (κ2) is 7.79. The number of nitrogens with zero attached hydrogens (tertiary/aromatic N) is 2. The van der Waals surface area contributed by atoms with Gasteiger partial charge in [0, 0.05) is 29.1 Å². The Morgan fingerprint density at radius 1 is 1.20 bits per heavy atom. The van der Waals surface area contributed by atoms with Gasteiger partial charge < -0.3 is 9.64 Å². The van der Waals surface area contributed by atoms with Crippen LogP contribution in [-0.4, -0.2) is 41.6 Å². The molecular weight excluding hydrogens is 312 g/mol. The molecule has 2 aromatic rings. The standard InChI is InChI=1S/C21H26N2O2/c1-4-5-19-14-25-13-12-23(19)21(24)18-9-7-17(8-10-18)20-11-6-15(2)22-16(20)3/h6-11,19H,4-5,12-14H2,1-3H3/t19-/m1/s1. The number of pyridine rings is 1. The highest BCUT2D eigenvalue weighted by Gasteiger charge is 2.27. The van der Waals surface area contributed by atoms with Crippen molar-refractivity contribution in [2.45, 2.75) is 39.7 Å². The number of hydrogen-bond acceptors (Lipinski definition) is 3. The summed E-state index contributed by atoms with van der Waals surface area (Å²) in [5, 5.41) is 0. The molecule has 4 heteroatoms. The van der Waals surface area contributed by atoms with E-state index < -0.39 is 0 Å². The fourth-order valence-electron chi connectivity index (χ4n) is 3.44. The van der Waals surface area contributed by atoms with E-state index in [4.69, 9.17) is 4.74 Å². The first-order chi connectivity index (χ1) is 12.1. The Labute approximate surface area is 149 Å². The Balaban J connectivity index is 1.80. The van der Waals surface area contributed by atoms with Crippen LogP contribution in [0.1, 0.15) is 41.5 Å². The van der Waals surface area contributed by atoms with Gasteiger partial charge in [0.15, 0.2) is 0 Å². The van der Waals surface area contributed by atoms with E-state index in [0.717, 1.165) is 40.9 Å². The van der Waals surface area contributed by atoms with Crippen LogP contribution in [0.4, 0.5) is 0 Å².